The highest BCUT2D eigenvalue weighted by molar-refractivity contribution is 5.72. The number of methoxy groups -OCH3 is 1. The van der Waals surface area contributed by atoms with Gasteiger partial charge in [-0.15, -0.1) is 0 Å². The fourth-order valence-corrected chi connectivity index (χ4v) is 1.85. The second-order valence-electron chi connectivity index (χ2n) is 4.68. The Labute approximate surface area is 111 Å². The summed E-state index contributed by atoms with van der Waals surface area (Å²) in [5.41, 5.74) is 0. The van der Waals surface area contributed by atoms with Crippen LogP contribution in [-0.4, -0.2) is 24.3 Å². The minimum atomic E-state index is -0.891. The van der Waals surface area contributed by atoms with Crippen LogP contribution in [-0.2, 0) is 9.53 Å². The molecule has 1 atom stereocenters. The Kier molecular flexibility index (Phi) is 12.0. The number of carboxylic acid groups (broad SMARTS) is 1. The number of hydrogen-bond acceptors (Lipinski definition) is 2. The molecule has 1 N–H and O–H groups in total. The van der Waals surface area contributed by atoms with Gasteiger partial charge in [0.25, 0.3) is 0 Å². The summed E-state index contributed by atoms with van der Waals surface area (Å²) in [7, 11) is 1.43. The van der Waals surface area contributed by atoms with E-state index < -0.39 is 12.1 Å². The van der Waals surface area contributed by atoms with E-state index in [2.05, 4.69) is 13.0 Å². The van der Waals surface area contributed by atoms with Crippen molar-refractivity contribution in [3.8, 4) is 0 Å². The van der Waals surface area contributed by atoms with E-state index >= 15 is 0 Å². The monoisotopic (exact) mass is 256 g/mol. The normalized spacial score (nSPS) is 13.0. The van der Waals surface area contributed by atoms with E-state index in [1.165, 1.54) is 52.1 Å². The van der Waals surface area contributed by atoms with E-state index in [-0.39, 0.29) is 0 Å². The predicted octanol–water partition coefficient (Wildman–Crippen LogP) is 4.17. The van der Waals surface area contributed by atoms with Gasteiger partial charge in [-0.25, -0.2) is 4.79 Å². The molecular formula is C15H28O3. The van der Waals surface area contributed by atoms with Crippen LogP contribution in [0.5, 0.6) is 0 Å². The van der Waals surface area contributed by atoms with Crippen molar-refractivity contribution in [3.63, 3.8) is 0 Å². The summed E-state index contributed by atoms with van der Waals surface area (Å²) < 4.78 is 4.84. The number of ether oxygens (including phenoxy) is 1. The zero-order valence-electron chi connectivity index (χ0n) is 11.9. The predicted molar refractivity (Wildman–Crippen MR) is 74.8 cm³/mol. The second kappa shape index (κ2) is 12.6. The Morgan fingerprint density at radius 2 is 1.72 bits per heavy atom. The van der Waals surface area contributed by atoms with Crippen LogP contribution < -0.4 is 0 Å². The first-order valence-electron chi connectivity index (χ1n) is 7.13. The van der Waals surface area contributed by atoms with Gasteiger partial charge in [-0.05, 0) is 12.8 Å². The molecule has 3 nitrogen and oxygen atoms in total. The Morgan fingerprint density at radius 3 is 2.28 bits per heavy atom. The zero-order chi connectivity index (χ0) is 13.6. The van der Waals surface area contributed by atoms with Crippen LogP contribution in [0.4, 0.5) is 0 Å². The first-order chi connectivity index (χ1) is 8.72. The molecule has 3 heteroatoms. The van der Waals surface area contributed by atoms with Crippen LogP contribution >= 0.6 is 0 Å². The van der Waals surface area contributed by atoms with Crippen molar-refractivity contribution in [1.29, 1.82) is 0 Å². The number of hydrogen-bond donors (Lipinski definition) is 1. The molecule has 0 spiro atoms. The third-order valence-corrected chi connectivity index (χ3v) is 3.05. The molecule has 0 aliphatic carbocycles. The van der Waals surface area contributed by atoms with Crippen LogP contribution in [0.1, 0.15) is 64.7 Å². The van der Waals surface area contributed by atoms with Gasteiger partial charge in [-0.1, -0.05) is 57.6 Å². The molecule has 0 rings (SSSR count). The molecule has 0 unspecified atom stereocenters. The molecule has 0 saturated carbocycles. The molecule has 0 heterocycles. The molecule has 0 aliphatic rings. The summed E-state index contributed by atoms with van der Waals surface area (Å²) in [6.07, 6.45) is 14.0. The summed E-state index contributed by atoms with van der Waals surface area (Å²) in [6.45, 7) is 2.23. The largest absolute Gasteiger partial charge is 0.479 e. The zero-order valence-corrected chi connectivity index (χ0v) is 11.9. The number of allylic oxidation sites excluding steroid dienone is 1. The van der Waals surface area contributed by atoms with Gasteiger partial charge in [0.15, 0.2) is 6.10 Å². The molecule has 106 valence electrons. The third kappa shape index (κ3) is 10.3. The lowest BCUT2D eigenvalue weighted by Gasteiger charge is -2.06. The van der Waals surface area contributed by atoms with Crippen LogP contribution in [0.2, 0.25) is 0 Å². The molecule has 0 fully saturated rings. The van der Waals surface area contributed by atoms with E-state index in [0.717, 1.165) is 6.42 Å². The Morgan fingerprint density at radius 1 is 1.11 bits per heavy atom. The average molecular weight is 256 g/mol. The van der Waals surface area contributed by atoms with Crippen molar-refractivity contribution in [3.05, 3.63) is 12.2 Å². The van der Waals surface area contributed by atoms with Crippen molar-refractivity contribution < 1.29 is 14.6 Å². The van der Waals surface area contributed by atoms with Crippen LogP contribution in [0, 0.1) is 0 Å². The highest BCUT2D eigenvalue weighted by Crippen LogP contribution is 2.09. The van der Waals surface area contributed by atoms with Crippen LogP contribution in [0.3, 0.4) is 0 Å². The van der Waals surface area contributed by atoms with Crippen molar-refractivity contribution >= 4 is 5.97 Å². The fraction of sp³-hybridized carbons (Fsp3) is 0.800. The van der Waals surface area contributed by atoms with Crippen molar-refractivity contribution in [2.24, 2.45) is 0 Å². The van der Waals surface area contributed by atoms with Gasteiger partial charge in [0.1, 0.15) is 0 Å². The minimum absolute atomic E-state index is 0.461. The summed E-state index contributed by atoms with van der Waals surface area (Å²) in [5.74, 6) is -0.891. The van der Waals surface area contributed by atoms with Crippen molar-refractivity contribution in [1.82, 2.24) is 0 Å². The molecule has 0 aliphatic heterocycles. The first kappa shape index (κ1) is 17.2. The maximum Gasteiger partial charge on any atom is 0.333 e. The molecule has 0 bridgehead atoms. The smallest absolute Gasteiger partial charge is 0.333 e. The first-order valence-corrected chi connectivity index (χ1v) is 7.13. The molecule has 0 aromatic heterocycles. The lowest BCUT2D eigenvalue weighted by Crippen LogP contribution is -2.21. The number of carbonyl (C=O) groups is 1. The highest BCUT2D eigenvalue weighted by Gasteiger charge is 2.13. The number of aliphatic carboxylic acids is 1. The summed E-state index contributed by atoms with van der Waals surface area (Å²) in [4.78, 5) is 10.7. The van der Waals surface area contributed by atoms with Gasteiger partial charge in [-0.2, -0.15) is 0 Å². The Bertz CT molecular complexity index is 224. The lowest BCUT2D eigenvalue weighted by atomic mass is 10.1. The van der Waals surface area contributed by atoms with Gasteiger partial charge in [-0.3, -0.25) is 0 Å². The van der Waals surface area contributed by atoms with Gasteiger partial charge in [0.2, 0.25) is 0 Å². The van der Waals surface area contributed by atoms with Gasteiger partial charge < -0.3 is 9.84 Å². The van der Waals surface area contributed by atoms with E-state index in [1.807, 2.05) is 6.08 Å². The number of carboxylic acids is 1. The maximum atomic E-state index is 10.7. The maximum absolute atomic E-state index is 10.7. The summed E-state index contributed by atoms with van der Waals surface area (Å²) >= 11 is 0. The summed E-state index contributed by atoms with van der Waals surface area (Å²) in [6, 6.07) is 0. The lowest BCUT2D eigenvalue weighted by molar-refractivity contribution is -0.148. The van der Waals surface area contributed by atoms with E-state index in [9.17, 15) is 4.79 Å². The molecule has 0 aromatic carbocycles. The number of unbranched alkanes of at least 4 members (excludes halogenated alkanes) is 7. The quantitative estimate of drug-likeness (QED) is 0.421. The second-order valence-corrected chi connectivity index (χ2v) is 4.68. The van der Waals surface area contributed by atoms with Crippen molar-refractivity contribution in [2.45, 2.75) is 70.8 Å². The number of rotatable bonds is 12. The van der Waals surface area contributed by atoms with Gasteiger partial charge in [0, 0.05) is 13.5 Å². The Balaban J connectivity index is 3.35. The van der Waals surface area contributed by atoms with Gasteiger partial charge >= 0.3 is 5.97 Å². The van der Waals surface area contributed by atoms with Crippen LogP contribution in [0.25, 0.3) is 0 Å². The van der Waals surface area contributed by atoms with E-state index in [0.29, 0.717) is 6.42 Å². The molecule has 0 amide bonds. The minimum Gasteiger partial charge on any atom is -0.479 e. The van der Waals surface area contributed by atoms with Gasteiger partial charge in [0.05, 0.1) is 0 Å². The van der Waals surface area contributed by atoms with Crippen molar-refractivity contribution in [2.75, 3.05) is 7.11 Å². The third-order valence-electron chi connectivity index (χ3n) is 3.05. The Hall–Kier alpha value is -0.830. The fourth-order valence-electron chi connectivity index (χ4n) is 1.85. The molecule has 18 heavy (non-hydrogen) atoms. The molecular weight excluding hydrogens is 228 g/mol. The average Bonchev–Trinajstić information content (AvgIpc) is 2.35. The van der Waals surface area contributed by atoms with E-state index in [1.54, 1.807) is 0 Å². The molecule has 0 aromatic rings. The van der Waals surface area contributed by atoms with Crippen LogP contribution in [0.15, 0.2) is 12.2 Å². The molecule has 0 saturated heterocycles. The SMILES string of the molecule is CCCCCCCCC/C=C/C[C@H](OC)C(=O)O. The standard InChI is InChI=1S/C15H28O3/c1-3-4-5-6-7-8-9-10-11-12-13-14(18-2)15(16)17/h11-12,14H,3-10,13H2,1-2H3,(H,16,17)/b12-11+/t14-/m0/s1. The topological polar surface area (TPSA) is 46.5 Å². The highest BCUT2D eigenvalue weighted by atomic mass is 16.5. The molecule has 0 radical (unpaired) electrons. The summed E-state index contributed by atoms with van der Waals surface area (Å²) in [5, 5.41) is 8.76. The van der Waals surface area contributed by atoms with E-state index in [4.69, 9.17) is 9.84 Å².